The van der Waals surface area contributed by atoms with Crippen molar-refractivity contribution >= 4 is 5.91 Å². The van der Waals surface area contributed by atoms with Crippen molar-refractivity contribution in [3.63, 3.8) is 0 Å². The van der Waals surface area contributed by atoms with Crippen LogP contribution in [0.3, 0.4) is 0 Å². The summed E-state index contributed by atoms with van der Waals surface area (Å²) in [7, 11) is 0. The zero-order valence-corrected chi connectivity index (χ0v) is 10.6. The lowest BCUT2D eigenvalue weighted by Crippen LogP contribution is -2.38. The van der Waals surface area contributed by atoms with E-state index >= 15 is 0 Å². The molecule has 3 rings (SSSR count). The molecule has 0 spiro atoms. The highest BCUT2D eigenvalue weighted by atomic mass is 16.3. The van der Waals surface area contributed by atoms with Crippen LogP contribution in [0.1, 0.15) is 37.1 Å². The van der Waals surface area contributed by atoms with E-state index in [2.05, 4.69) is 10.6 Å². The van der Waals surface area contributed by atoms with E-state index in [1.54, 1.807) is 6.26 Å². The minimum absolute atomic E-state index is 0.0607. The Morgan fingerprint density at radius 1 is 1.50 bits per heavy atom. The summed E-state index contributed by atoms with van der Waals surface area (Å²) >= 11 is 0. The number of carbonyl (C=O) groups is 1. The first-order valence-electron chi connectivity index (χ1n) is 6.52. The van der Waals surface area contributed by atoms with Gasteiger partial charge in [0, 0.05) is 30.6 Å². The molecule has 18 heavy (non-hydrogen) atoms. The van der Waals surface area contributed by atoms with Crippen LogP contribution in [0, 0.1) is 0 Å². The molecule has 0 bridgehead atoms. The second-order valence-corrected chi connectivity index (χ2v) is 5.05. The predicted octanol–water partition coefficient (Wildman–Crippen LogP) is 1.69. The number of furan rings is 1. The Morgan fingerprint density at radius 2 is 2.33 bits per heavy atom. The molecule has 1 fully saturated rings. The van der Waals surface area contributed by atoms with Crippen molar-refractivity contribution in [2.45, 2.75) is 32.2 Å². The summed E-state index contributed by atoms with van der Waals surface area (Å²) in [4.78, 5) is 12.1. The van der Waals surface area contributed by atoms with Gasteiger partial charge in [0.25, 0.3) is 0 Å². The molecule has 1 aromatic rings. The molecule has 4 nitrogen and oxygen atoms in total. The van der Waals surface area contributed by atoms with Gasteiger partial charge in [-0.1, -0.05) is 0 Å². The first-order valence-corrected chi connectivity index (χ1v) is 6.52. The van der Waals surface area contributed by atoms with Crippen molar-refractivity contribution in [2.24, 2.45) is 0 Å². The fraction of sp³-hybridized carbons (Fsp3) is 0.500. The Hall–Kier alpha value is -1.55. The Morgan fingerprint density at radius 3 is 3.06 bits per heavy atom. The Labute approximate surface area is 106 Å². The monoisotopic (exact) mass is 246 g/mol. The molecule has 1 aromatic heterocycles. The van der Waals surface area contributed by atoms with Crippen LogP contribution in [0.15, 0.2) is 27.9 Å². The minimum atomic E-state index is 0.0607. The molecular weight excluding hydrogens is 228 g/mol. The molecule has 96 valence electrons. The standard InChI is InChI=1S/C14H18N2O2/c1-9(10-7-15-8-10)14(17)16-12-3-2-4-13-11(12)5-6-18-13/h5-6,12,15H,2-4,7-8H2,1H3,(H,16,17). The first kappa shape index (κ1) is 11.5. The van der Waals surface area contributed by atoms with Crippen molar-refractivity contribution < 1.29 is 9.21 Å². The summed E-state index contributed by atoms with van der Waals surface area (Å²) in [5.74, 6) is 1.09. The predicted molar refractivity (Wildman–Crippen MR) is 68.1 cm³/mol. The van der Waals surface area contributed by atoms with Gasteiger partial charge in [-0.05, 0) is 31.4 Å². The molecule has 1 aliphatic heterocycles. The van der Waals surface area contributed by atoms with Crippen LogP contribution in [-0.4, -0.2) is 19.0 Å². The number of rotatable bonds is 2. The van der Waals surface area contributed by atoms with Gasteiger partial charge in [-0.2, -0.15) is 0 Å². The van der Waals surface area contributed by atoms with Crippen LogP contribution in [0.4, 0.5) is 0 Å². The fourth-order valence-electron chi connectivity index (χ4n) is 2.58. The first-order chi connectivity index (χ1) is 8.75. The van der Waals surface area contributed by atoms with Crippen LogP contribution >= 0.6 is 0 Å². The second-order valence-electron chi connectivity index (χ2n) is 5.05. The summed E-state index contributed by atoms with van der Waals surface area (Å²) in [5, 5.41) is 6.28. The third-order valence-corrected chi connectivity index (χ3v) is 3.90. The van der Waals surface area contributed by atoms with Crippen LogP contribution in [0.25, 0.3) is 0 Å². The van der Waals surface area contributed by atoms with Gasteiger partial charge in [0.2, 0.25) is 5.91 Å². The lowest BCUT2D eigenvalue weighted by molar-refractivity contribution is -0.118. The van der Waals surface area contributed by atoms with E-state index in [0.717, 1.165) is 49.2 Å². The fourth-order valence-corrected chi connectivity index (χ4v) is 2.58. The summed E-state index contributed by atoms with van der Waals surface area (Å²) in [6, 6.07) is 2.09. The van der Waals surface area contributed by atoms with Crippen molar-refractivity contribution in [1.29, 1.82) is 0 Å². The lowest BCUT2D eigenvalue weighted by atomic mass is 9.93. The summed E-state index contributed by atoms with van der Waals surface area (Å²) in [6.07, 6.45) is 4.77. The van der Waals surface area contributed by atoms with Gasteiger partial charge in [0.05, 0.1) is 12.3 Å². The van der Waals surface area contributed by atoms with Gasteiger partial charge in [0.1, 0.15) is 5.76 Å². The third-order valence-electron chi connectivity index (χ3n) is 3.90. The summed E-state index contributed by atoms with van der Waals surface area (Å²) < 4.78 is 5.43. The number of hydrogen-bond acceptors (Lipinski definition) is 3. The summed E-state index contributed by atoms with van der Waals surface area (Å²) in [6.45, 7) is 3.60. The smallest absolute Gasteiger partial charge is 0.247 e. The SMILES string of the molecule is CC(C(=O)NC1CCCc2occc21)=C1CNC1. The molecule has 2 N–H and O–H groups in total. The molecule has 1 amide bonds. The highest BCUT2D eigenvalue weighted by Gasteiger charge is 2.25. The van der Waals surface area contributed by atoms with Crippen molar-refractivity contribution in [2.75, 3.05) is 13.1 Å². The number of amides is 1. The molecule has 4 heteroatoms. The second kappa shape index (κ2) is 4.61. The van der Waals surface area contributed by atoms with Gasteiger partial charge in [0.15, 0.2) is 0 Å². The van der Waals surface area contributed by atoms with Crippen LogP contribution in [-0.2, 0) is 11.2 Å². The van der Waals surface area contributed by atoms with Gasteiger partial charge >= 0.3 is 0 Å². The number of aryl methyl sites for hydroxylation is 1. The minimum Gasteiger partial charge on any atom is -0.469 e. The van der Waals surface area contributed by atoms with E-state index in [1.807, 2.05) is 13.0 Å². The van der Waals surface area contributed by atoms with Crippen LogP contribution in [0.5, 0.6) is 0 Å². The van der Waals surface area contributed by atoms with Crippen LogP contribution in [0.2, 0.25) is 0 Å². The van der Waals surface area contributed by atoms with Crippen molar-refractivity contribution in [3.8, 4) is 0 Å². The maximum absolute atomic E-state index is 12.1. The van der Waals surface area contributed by atoms with E-state index < -0.39 is 0 Å². The van der Waals surface area contributed by atoms with Gasteiger partial charge in [-0.25, -0.2) is 0 Å². The molecule has 1 aliphatic carbocycles. The number of carbonyl (C=O) groups excluding carboxylic acids is 1. The van der Waals surface area contributed by atoms with E-state index in [0.29, 0.717) is 0 Å². The molecule has 1 saturated heterocycles. The maximum atomic E-state index is 12.1. The average molecular weight is 246 g/mol. The quantitative estimate of drug-likeness (QED) is 0.781. The molecule has 1 atom stereocenters. The molecule has 0 aromatic carbocycles. The Kier molecular flexibility index (Phi) is 2.96. The third kappa shape index (κ3) is 1.97. The van der Waals surface area contributed by atoms with Crippen LogP contribution < -0.4 is 10.6 Å². The van der Waals surface area contributed by atoms with E-state index in [-0.39, 0.29) is 11.9 Å². The topological polar surface area (TPSA) is 54.3 Å². The van der Waals surface area contributed by atoms with Gasteiger partial charge in [-0.3, -0.25) is 4.79 Å². The van der Waals surface area contributed by atoms with Gasteiger partial charge in [-0.15, -0.1) is 0 Å². The Bertz CT molecular complexity index is 496. The number of nitrogens with one attached hydrogen (secondary N) is 2. The molecule has 1 unspecified atom stereocenters. The van der Waals surface area contributed by atoms with E-state index in [9.17, 15) is 4.79 Å². The van der Waals surface area contributed by atoms with Crippen molar-refractivity contribution in [3.05, 3.63) is 34.8 Å². The molecule has 2 aliphatic rings. The lowest BCUT2D eigenvalue weighted by Gasteiger charge is -2.25. The van der Waals surface area contributed by atoms with Gasteiger partial charge < -0.3 is 15.1 Å². The summed E-state index contributed by atoms with van der Waals surface area (Å²) in [5.41, 5.74) is 3.24. The average Bonchev–Trinajstić information content (AvgIpc) is 2.75. The van der Waals surface area contributed by atoms with Crippen molar-refractivity contribution in [1.82, 2.24) is 10.6 Å². The normalized spacial score (nSPS) is 22.1. The van der Waals surface area contributed by atoms with E-state index in [1.165, 1.54) is 5.57 Å². The molecule has 2 heterocycles. The Balaban J connectivity index is 1.73. The van der Waals surface area contributed by atoms with E-state index in [4.69, 9.17) is 4.42 Å². The number of fused-ring (bicyclic) bond motifs is 1. The number of hydrogen-bond donors (Lipinski definition) is 2. The highest BCUT2D eigenvalue weighted by molar-refractivity contribution is 5.94. The zero-order valence-electron chi connectivity index (χ0n) is 10.6. The molecular formula is C14H18N2O2. The molecule has 0 saturated carbocycles. The zero-order chi connectivity index (χ0) is 12.5. The highest BCUT2D eigenvalue weighted by Crippen LogP contribution is 2.30. The largest absolute Gasteiger partial charge is 0.469 e. The maximum Gasteiger partial charge on any atom is 0.247 e. The molecule has 0 radical (unpaired) electrons.